The number of likely N-dealkylation sites (tertiary alicyclic amines) is 1. The average molecular weight is 741 g/mol. The van der Waals surface area contributed by atoms with Crippen LogP contribution in [0.2, 0.25) is 0 Å². The van der Waals surface area contributed by atoms with Crippen LogP contribution in [0.15, 0.2) is 48.7 Å². The summed E-state index contributed by atoms with van der Waals surface area (Å²) < 4.78 is 21.9. The molecule has 0 radical (unpaired) electrons. The molecule has 0 aliphatic carbocycles. The smallest absolute Gasteiger partial charge is 0.259 e. The number of benzene rings is 2. The van der Waals surface area contributed by atoms with Gasteiger partial charge in [0.05, 0.1) is 23.9 Å². The Balaban J connectivity index is 1.62. The summed E-state index contributed by atoms with van der Waals surface area (Å²) in [7, 11) is 1.44. The number of amidine groups is 1. The molecule has 1 aliphatic heterocycles. The van der Waals surface area contributed by atoms with E-state index in [1.807, 2.05) is 11.0 Å². The van der Waals surface area contributed by atoms with Crippen molar-refractivity contribution in [2.45, 2.75) is 21.7 Å². The lowest BCUT2D eigenvalue weighted by Crippen LogP contribution is -2.28. The zero-order valence-corrected chi connectivity index (χ0v) is 24.9. The van der Waals surface area contributed by atoms with Gasteiger partial charge in [0.1, 0.15) is 23.2 Å². The number of anilines is 2. The summed E-state index contributed by atoms with van der Waals surface area (Å²) in [6, 6.07) is 11.1. The molecule has 4 rings (SSSR count). The molecule has 0 unspecified atom stereocenters. The first-order valence-electron chi connectivity index (χ1n) is 11.9. The van der Waals surface area contributed by atoms with Gasteiger partial charge < -0.3 is 20.3 Å². The molecule has 0 saturated carbocycles. The molecular formula is C27H26FI2N5O3. The van der Waals surface area contributed by atoms with Crippen LogP contribution in [0.25, 0.3) is 0 Å². The number of carbonyl (C=O) groups excluding carboxylic acids is 2. The van der Waals surface area contributed by atoms with Crippen LogP contribution in [0.1, 0.15) is 50.2 Å². The van der Waals surface area contributed by atoms with Crippen LogP contribution < -0.4 is 15.4 Å². The fourth-order valence-corrected chi connectivity index (χ4v) is 5.02. The van der Waals surface area contributed by atoms with Crippen molar-refractivity contribution in [1.29, 1.82) is 5.41 Å². The summed E-state index contributed by atoms with van der Waals surface area (Å²) in [5.74, 6) is -1.10. The molecule has 1 saturated heterocycles. The van der Waals surface area contributed by atoms with E-state index in [9.17, 15) is 9.59 Å². The molecule has 3 aromatic rings. The van der Waals surface area contributed by atoms with Crippen molar-refractivity contribution >= 4 is 74.3 Å². The normalized spacial score (nSPS) is 12.8. The number of pyridine rings is 1. The van der Waals surface area contributed by atoms with E-state index < -0.39 is 17.6 Å². The minimum absolute atomic E-state index is 0.126. The molecule has 0 spiro atoms. The van der Waals surface area contributed by atoms with Crippen LogP contribution in [-0.2, 0) is 8.86 Å². The van der Waals surface area contributed by atoms with E-state index in [0.29, 0.717) is 15.8 Å². The summed E-state index contributed by atoms with van der Waals surface area (Å²) >= 11 is 4.40. The Morgan fingerprint density at radius 1 is 1.00 bits per heavy atom. The third-order valence-electron chi connectivity index (χ3n) is 6.15. The first-order valence-corrected chi connectivity index (χ1v) is 14.9. The van der Waals surface area contributed by atoms with Crippen molar-refractivity contribution < 1.29 is 18.7 Å². The van der Waals surface area contributed by atoms with Crippen LogP contribution in [0.5, 0.6) is 5.75 Å². The molecule has 11 heteroatoms. The number of hydrogen-bond donors (Lipinski definition) is 3. The van der Waals surface area contributed by atoms with Gasteiger partial charge in [0.2, 0.25) is 0 Å². The van der Waals surface area contributed by atoms with Gasteiger partial charge >= 0.3 is 0 Å². The Bertz CT molecular complexity index is 1360. The van der Waals surface area contributed by atoms with Crippen molar-refractivity contribution in [1.82, 2.24) is 9.88 Å². The summed E-state index contributed by atoms with van der Waals surface area (Å²) in [6.07, 6.45) is 3.68. The number of rotatable bonds is 8. The van der Waals surface area contributed by atoms with Gasteiger partial charge in [-0.1, -0.05) is 57.3 Å². The molecular weight excluding hydrogens is 715 g/mol. The maximum atomic E-state index is 15.1. The summed E-state index contributed by atoms with van der Waals surface area (Å²) in [5.41, 5.74) is 2.33. The summed E-state index contributed by atoms with van der Waals surface area (Å²) in [6.45, 7) is 1.52. The van der Waals surface area contributed by atoms with Gasteiger partial charge in [0.15, 0.2) is 0 Å². The fourth-order valence-electron chi connectivity index (χ4n) is 4.13. The molecule has 2 aromatic carbocycles. The average Bonchev–Trinajstić information content (AvgIpc) is 3.48. The van der Waals surface area contributed by atoms with Gasteiger partial charge in [-0.3, -0.25) is 15.0 Å². The lowest BCUT2D eigenvalue weighted by molar-refractivity contribution is 0.102. The maximum Gasteiger partial charge on any atom is 0.259 e. The minimum atomic E-state index is -0.752. The van der Waals surface area contributed by atoms with Crippen molar-refractivity contribution in [3.63, 3.8) is 0 Å². The Morgan fingerprint density at radius 2 is 1.71 bits per heavy atom. The number of aromatic nitrogens is 1. The number of alkyl halides is 2. The predicted molar refractivity (Wildman–Crippen MR) is 163 cm³/mol. The first kappa shape index (κ1) is 28.2. The van der Waals surface area contributed by atoms with Crippen molar-refractivity contribution in [2.24, 2.45) is 0 Å². The second-order valence-corrected chi connectivity index (χ2v) is 10.2. The van der Waals surface area contributed by atoms with Crippen LogP contribution in [0.4, 0.5) is 15.9 Å². The Kier molecular flexibility index (Phi) is 9.52. The zero-order chi connectivity index (χ0) is 27.2. The van der Waals surface area contributed by atoms with E-state index in [4.69, 9.17) is 10.1 Å². The largest absolute Gasteiger partial charge is 0.495 e. The van der Waals surface area contributed by atoms with Crippen LogP contribution in [0.3, 0.4) is 0 Å². The monoisotopic (exact) mass is 741 g/mol. The highest BCUT2D eigenvalue weighted by atomic mass is 127. The molecule has 198 valence electrons. The van der Waals surface area contributed by atoms with Crippen LogP contribution in [0, 0.1) is 11.2 Å². The molecule has 2 heterocycles. The van der Waals surface area contributed by atoms with Crippen LogP contribution in [-0.4, -0.2) is 47.7 Å². The van der Waals surface area contributed by atoms with E-state index in [1.165, 1.54) is 19.2 Å². The highest BCUT2D eigenvalue weighted by Crippen LogP contribution is 2.33. The topological polar surface area (TPSA) is 107 Å². The van der Waals surface area contributed by atoms with Gasteiger partial charge in [0, 0.05) is 33.7 Å². The Morgan fingerprint density at radius 3 is 2.32 bits per heavy atom. The molecule has 2 amide bonds. The molecule has 8 nitrogen and oxygen atoms in total. The van der Waals surface area contributed by atoms with Gasteiger partial charge in [-0.25, -0.2) is 9.37 Å². The van der Waals surface area contributed by atoms with Crippen molar-refractivity contribution in [3.8, 4) is 5.75 Å². The number of hydrogen-bond acceptors (Lipinski definition) is 5. The lowest BCUT2D eigenvalue weighted by atomic mass is 10.1. The zero-order valence-electron chi connectivity index (χ0n) is 20.6. The van der Waals surface area contributed by atoms with Gasteiger partial charge in [-0.2, -0.15) is 0 Å². The molecule has 1 aromatic heterocycles. The Labute approximate surface area is 247 Å². The van der Waals surface area contributed by atoms with Crippen molar-refractivity contribution in [3.05, 3.63) is 82.3 Å². The quantitative estimate of drug-likeness (QED) is 0.113. The molecule has 1 aliphatic rings. The molecule has 1 fully saturated rings. The number of carbonyl (C=O) groups is 2. The number of nitrogens with one attached hydrogen (secondary N) is 3. The maximum absolute atomic E-state index is 15.1. The van der Waals surface area contributed by atoms with Gasteiger partial charge in [-0.05, 0) is 54.3 Å². The Hall–Kier alpha value is -2.81. The molecule has 38 heavy (non-hydrogen) atoms. The van der Waals surface area contributed by atoms with E-state index >= 15 is 4.39 Å². The lowest BCUT2D eigenvalue weighted by Gasteiger charge is -2.19. The fraction of sp³-hybridized carbons (Fsp3) is 0.259. The highest BCUT2D eigenvalue weighted by Gasteiger charge is 2.23. The number of methoxy groups -OCH3 is 1. The minimum Gasteiger partial charge on any atom is -0.495 e. The number of amides is 2. The second kappa shape index (κ2) is 12.8. The van der Waals surface area contributed by atoms with E-state index in [1.54, 1.807) is 30.5 Å². The molecule has 0 bridgehead atoms. The van der Waals surface area contributed by atoms with Gasteiger partial charge in [-0.15, -0.1) is 0 Å². The van der Waals surface area contributed by atoms with E-state index in [-0.39, 0.29) is 28.4 Å². The summed E-state index contributed by atoms with van der Waals surface area (Å²) in [4.78, 5) is 32.6. The van der Waals surface area contributed by atoms with Crippen molar-refractivity contribution in [2.75, 3.05) is 30.8 Å². The van der Waals surface area contributed by atoms with E-state index in [2.05, 4.69) is 60.8 Å². The first-order chi connectivity index (χ1) is 18.3. The predicted octanol–water partition coefficient (Wildman–Crippen LogP) is 6.03. The molecule has 3 N–H and O–H groups in total. The standard InChI is InChI=1S/C27H26FI2N5O3/c1-38-22-11-17(14-30)10-20(27(37)33-23-7-4-16(13-29)15-32-23)24(22)34-26(36)19-6-5-18(12-21(19)28)25(31)35-8-2-3-9-35/h4-7,10-12,15,31H,2-3,8-9,13-14H2,1H3,(H,34,36)(H,32,33,37). The number of ether oxygens (including phenoxy) is 1. The molecule has 0 atom stereocenters. The highest BCUT2D eigenvalue weighted by molar-refractivity contribution is 14.1. The van der Waals surface area contributed by atoms with Crippen LogP contribution >= 0.6 is 45.2 Å². The SMILES string of the molecule is COc1cc(CI)cc(C(=O)Nc2ccc(CI)cn2)c1NC(=O)c1ccc(C(=N)N2CCCC2)cc1F. The second-order valence-electron chi connectivity index (χ2n) is 8.69. The summed E-state index contributed by atoms with van der Waals surface area (Å²) in [5, 5.41) is 13.8. The number of halogens is 3. The number of nitrogens with zero attached hydrogens (tertiary/aromatic N) is 2. The van der Waals surface area contributed by atoms with Gasteiger partial charge in [0.25, 0.3) is 11.8 Å². The third-order valence-corrected chi connectivity index (χ3v) is 7.91. The third kappa shape index (κ3) is 6.42. The van der Waals surface area contributed by atoms with E-state index in [0.717, 1.165) is 41.5 Å².